The van der Waals surface area contributed by atoms with Crippen molar-refractivity contribution < 1.29 is 0 Å². The Bertz CT molecular complexity index is 186. The number of nitrogens with zero attached hydrogens (tertiary/aromatic N) is 1. The number of hydrogen-bond acceptors (Lipinski definition) is 2. The van der Waals surface area contributed by atoms with Crippen molar-refractivity contribution in [2.24, 2.45) is 17.6 Å². The summed E-state index contributed by atoms with van der Waals surface area (Å²) >= 11 is 0. The van der Waals surface area contributed by atoms with Gasteiger partial charge in [0.15, 0.2) is 0 Å². The van der Waals surface area contributed by atoms with Gasteiger partial charge in [-0.05, 0) is 37.5 Å². The molecule has 2 heteroatoms. The minimum Gasteiger partial charge on any atom is -0.324 e. The lowest BCUT2D eigenvalue weighted by atomic mass is 9.77. The summed E-state index contributed by atoms with van der Waals surface area (Å²) in [5, 5.41) is 0. The Kier molecular flexibility index (Phi) is 1.37. The van der Waals surface area contributed by atoms with Crippen molar-refractivity contribution in [3.8, 4) is 0 Å². The number of hydrogen-bond donors (Lipinski definition) is 1. The summed E-state index contributed by atoms with van der Waals surface area (Å²) in [7, 11) is 0. The summed E-state index contributed by atoms with van der Waals surface area (Å²) in [5.74, 6) is 2.10. The molecule has 3 aliphatic rings. The van der Waals surface area contributed by atoms with Crippen molar-refractivity contribution in [2.45, 2.75) is 31.2 Å². The molecule has 68 valence electrons. The standard InChI is InChI=1S/C10H18N2/c11-10(3-4-10)7-12-5-8-1-2-9(8)6-12/h8-9H,1-7,11H2. The summed E-state index contributed by atoms with van der Waals surface area (Å²) < 4.78 is 0. The quantitative estimate of drug-likeness (QED) is 0.658. The van der Waals surface area contributed by atoms with Crippen LogP contribution in [0.4, 0.5) is 0 Å². The molecule has 2 aliphatic carbocycles. The molecule has 2 atom stereocenters. The molecule has 0 aromatic carbocycles. The van der Waals surface area contributed by atoms with E-state index in [1.54, 1.807) is 0 Å². The topological polar surface area (TPSA) is 29.3 Å². The maximum Gasteiger partial charge on any atom is 0.0284 e. The minimum atomic E-state index is 0.240. The van der Waals surface area contributed by atoms with Gasteiger partial charge in [-0.2, -0.15) is 0 Å². The normalized spacial score (nSPS) is 43.8. The van der Waals surface area contributed by atoms with Crippen molar-refractivity contribution in [1.82, 2.24) is 4.90 Å². The minimum absolute atomic E-state index is 0.240. The smallest absolute Gasteiger partial charge is 0.0284 e. The van der Waals surface area contributed by atoms with E-state index in [0.29, 0.717) is 0 Å². The second-order valence-electron chi connectivity index (χ2n) is 5.15. The molecule has 2 N–H and O–H groups in total. The SMILES string of the molecule is NC1(CN2CC3CCC3C2)CC1. The molecule has 3 rings (SSSR count). The third-order valence-electron chi connectivity index (χ3n) is 3.99. The first-order chi connectivity index (χ1) is 5.75. The summed E-state index contributed by atoms with van der Waals surface area (Å²) in [4.78, 5) is 2.61. The van der Waals surface area contributed by atoms with E-state index in [4.69, 9.17) is 5.73 Å². The van der Waals surface area contributed by atoms with Gasteiger partial charge in [0, 0.05) is 25.2 Å². The summed E-state index contributed by atoms with van der Waals surface area (Å²) in [6.07, 6.45) is 5.50. The molecule has 2 saturated carbocycles. The van der Waals surface area contributed by atoms with Crippen LogP contribution in [0, 0.1) is 11.8 Å². The zero-order chi connectivity index (χ0) is 8.18. The van der Waals surface area contributed by atoms with Crippen LogP contribution in [-0.4, -0.2) is 30.1 Å². The third kappa shape index (κ3) is 1.09. The molecule has 0 amide bonds. The Labute approximate surface area is 74.1 Å². The Morgan fingerprint density at radius 3 is 2.17 bits per heavy atom. The summed E-state index contributed by atoms with van der Waals surface area (Å²) in [5.41, 5.74) is 6.34. The average Bonchev–Trinajstić information content (AvgIpc) is 2.65. The van der Waals surface area contributed by atoms with Gasteiger partial charge >= 0.3 is 0 Å². The maximum absolute atomic E-state index is 6.10. The second-order valence-corrected chi connectivity index (χ2v) is 5.15. The van der Waals surface area contributed by atoms with E-state index in [2.05, 4.69) is 4.90 Å². The van der Waals surface area contributed by atoms with Crippen LogP contribution in [-0.2, 0) is 0 Å². The fourth-order valence-electron chi connectivity index (χ4n) is 2.75. The molecule has 1 saturated heterocycles. The number of likely N-dealkylation sites (tertiary alicyclic amines) is 1. The summed E-state index contributed by atoms with van der Waals surface area (Å²) in [6.45, 7) is 3.88. The van der Waals surface area contributed by atoms with Gasteiger partial charge in [0.1, 0.15) is 0 Å². The fraction of sp³-hybridized carbons (Fsp3) is 1.00. The van der Waals surface area contributed by atoms with Crippen LogP contribution >= 0.6 is 0 Å². The van der Waals surface area contributed by atoms with Crippen LogP contribution < -0.4 is 5.73 Å². The lowest BCUT2D eigenvalue weighted by Crippen LogP contribution is -2.38. The highest BCUT2D eigenvalue weighted by atomic mass is 15.2. The molecule has 0 spiro atoms. The van der Waals surface area contributed by atoms with Crippen LogP contribution in [0.3, 0.4) is 0 Å². The molecule has 0 aromatic heterocycles. The van der Waals surface area contributed by atoms with Crippen LogP contribution in [0.2, 0.25) is 0 Å². The van der Waals surface area contributed by atoms with Gasteiger partial charge in [0.05, 0.1) is 0 Å². The van der Waals surface area contributed by atoms with Crippen LogP contribution in [0.5, 0.6) is 0 Å². The average molecular weight is 166 g/mol. The maximum atomic E-state index is 6.10. The molecule has 2 nitrogen and oxygen atoms in total. The molecule has 1 aliphatic heterocycles. The Morgan fingerprint density at radius 2 is 1.75 bits per heavy atom. The molecular weight excluding hydrogens is 148 g/mol. The second kappa shape index (κ2) is 2.24. The zero-order valence-electron chi connectivity index (χ0n) is 7.63. The lowest BCUT2D eigenvalue weighted by Gasteiger charge is -2.28. The van der Waals surface area contributed by atoms with Crippen molar-refractivity contribution >= 4 is 0 Å². The number of nitrogens with two attached hydrogens (primary N) is 1. The van der Waals surface area contributed by atoms with Gasteiger partial charge in [-0.25, -0.2) is 0 Å². The van der Waals surface area contributed by atoms with Crippen LogP contribution in [0.15, 0.2) is 0 Å². The van der Waals surface area contributed by atoms with Gasteiger partial charge in [0.25, 0.3) is 0 Å². The molecule has 0 aromatic rings. The monoisotopic (exact) mass is 166 g/mol. The largest absolute Gasteiger partial charge is 0.324 e. The van der Waals surface area contributed by atoms with E-state index in [1.165, 1.54) is 45.3 Å². The van der Waals surface area contributed by atoms with Gasteiger partial charge in [-0.15, -0.1) is 0 Å². The van der Waals surface area contributed by atoms with E-state index in [1.807, 2.05) is 0 Å². The number of rotatable bonds is 2. The first kappa shape index (κ1) is 7.34. The Morgan fingerprint density at radius 1 is 1.17 bits per heavy atom. The van der Waals surface area contributed by atoms with Gasteiger partial charge in [0.2, 0.25) is 0 Å². The Hall–Kier alpha value is -0.0800. The highest BCUT2D eigenvalue weighted by Gasteiger charge is 2.45. The van der Waals surface area contributed by atoms with Gasteiger partial charge in [-0.3, -0.25) is 0 Å². The van der Waals surface area contributed by atoms with Crippen molar-refractivity contribution in [2.75, 3.05) is 19.6 Å². The van der Waals surface area contributed by atoms with Crippen molar-refractivity contribution in [3.63, 3.8) is 0 Å². The van der Waals surface area contributed by atoms with Gasteiger partial charge in [-0.1, -0.05) is 0 Å². The van der Waals surface area contributed by atoms with E-state index in [-0.39, 0.29) is 5.54 Å². The van der Waals surface area contributed by atoms with E-state index in [9.17, 15) is 0 Å². The molecule has 0 radical (unpaired) electrons. The molecule has 12 heavy (non-hydrogen) atoms. The molecule has 1 heterocycles. The fourth-order valence-corrected chi connectivity index (χ4v) is 2.75. The summed E-state index contributed by atoms with van der Waals surface area (Å²) in [6, 6.07) is 0. The van der Waals surface area contributed by atoms with E-state index >= 15 is 0 Å². The highest BCUT2D eigenvalue weighted by molar-refractivity contribution is 5.03. The first-order valence-corrected chi connectivity index (χ1v) is 5.26. The van der Waals surface area contributed by atoms with E-state index < -0.39 is 0 Å². The highest BCUT2D eigenvalue weighted by Crippen LogP contribution is 2.42. The molecule has 3 fully saturated rings. The van der Waals surface area contributed by atoms with E-state index in [0.717, 1.165) is 11.8 Å². The zero-order valence-corrected chi connectivity index (χ0v) is 7.63. The van der Waals surface area contributed by atoms with Crippen LogP contribution in [0.1, 0.15) is 25.7 Å². The van der Waals surface area contributed by atoms with Crippen LogP contribution in [0.25, 0.3) is 0 Å². The predicted molar refractivity (Wildman–Crippen MR) is 48.8 cm³/mol. The Balaban J connectivity index is 1.57. The predicted octanol–water partition coefficient (Wildman–Crippen LogP) is 0.819. The van der Waals surface area contributed by atoms with Crippen molar-refractivity contribution in [3.05, 3.63) is 0 Å². The number of fused-ring (bicyclic) bond motifs is 1. The lowest BCUT2D eigenvalue weighted by molar-refractivity contribution is 0.243. The first-order valence-electron chi connectivity index (χ1n) is 5.26. The van der Waals surface area contributed by atoms with Gasteiger partial charge < -0.3 is 10.6 Å². The van der Waals surface area contributed by atoms with Crippen molar-refractivity contribution in [1.29, 1.82) is 0 Å². The molecule has 2 unspecified atom stereocenters. The molecule has 0 bridgehead atoms. The molecular formula is C10H18N2. The third-order valence-corrected chi connectivity index (χ3v) is 3.99.